The summed E-state index contributed by atoms with van der Waals surface area (Å²) < 4.78 is 7.36. The number of nitrogens with one attached hydrogen (secondary N) is 2. The average molecular weight is 543 g/mol. The van der Waals surface area contributed by atoms with Crippen LogP contribution in [0.4, 0.5) is 11.6 Å². The third kappa shape index (κ3) is 5.43. The molecule has 0 bridgehead atoms. The van der Waals surface area contributed by atoms with Crippen LogP contribution in [0.1, 0.15) is 32.3 Å². The molecule has 10 nitrogen and oxygen atoms in total. The summed E-state index contributed by atoms with van der Waals surface area (Å²) in [5.41, 5.74) is 2.52. The highest BCUT2D eigenvalue weighted by molar-refractivity contribution is 7.17. The number of rotatable bonds is 8. The van der Waals surface area contributed by atoms with E-state index in [-0.39, 0.29) is 24.1 Å². The van der Waals surface area contributed by atoms with Crippen LogP contribution in [0.5, 0.6) is 0 Å². The molecule has 0 aliphatic carbocycles. The molecule has 0 atom stereocenters. The molecule has 0 saturated carbocycles. The lowest BCUT2D eigenvalue weighted by molar-refractivity contribution is -0.120. The van der Waals surface area contributed by atoms with E-state index in [0.717, 1.165) is 10.4 Å². The summed E-state index contributed by atoms with van der Waals surface area (Å²) in [6.07, 6.45) is 1.82. The molecule has 2 N–H and O–H groups in total. The van der Waals surface area contributed by atoms with E-state index in [1.165, 1.54) is 11.3 Å². The van der Waals surface area contributed by atoms with Gasteiger partial charge in [0.15, 0.2) is 11.7 Å². The van der Waals surface area contributed by atoms with Crippen LogP contribution in [-0.4, -0.2) is 46.4 Å². The standard InChI is InChI=1S/C28H26N6O4S/c1-17-30-16-22(38-17)23-11-12-24(39-23)26(36)32-28-31-20-15-19(33(3)27(37)18-7-5-4-6-8-18)9-10-21(20)34(28)14-13-25(35)29-2/h4-12,15-16H,13-14H2,1-3H3,(H,29,35)(H,31,32,36). The van der Waals surface area contributed by atoms with Gasteiger partial charge in [0.1, 0.15) is 0 Å². The van der Waals surface area contributed by atoms with Crippen molar-refractivity contribution < 1.29 is 18.8 Å². The van der Waals surface area contributed by atoms with Gasteiger partial charge in [0.25, 0.3) is 11.8 Å². The second-order valence-corrected chi connectivity index (χ2v) is 9.86. The lowest BCUT2D eigenvalue weighted by Crippen LogP contribution is -2.26. The maximum Gasteiger partial charge on any atom is 0.268 e. The Morgan fingerprint density at radius 2 is 1.87 bits per heavy atom. The van der Waals surface area contributed by atoms with Crippen molar-refractivity contribution in [3.05, 3.63) is 83.2 Å². The predicted molar refractivity (Wildman–Crippen MR) is 150 cm³/mol. The molecule has 0 spiro atoms. The fourth-order valence-electron chi connectivity index (χ4n) is 4.11. The number of carbonyl (C=O) groups excluding carboxylic acids is 3. The largest absolute Gasteiger partial charge is 0.440 e. The maximum absolute atomic E-state index is 13.2. The number of oxazole rings is 1. The van der Waals surface area contributed by atoms with Gasteiger partial charge in [-0.15, -0.1) is 11.3 Å². The molecule has 0 saturated heterocycles. The second-order valence-electron chi connectivity index (χ2n) is 8.77. The minimum atomic E-state index is -0.337. The molecule has 0 unspecified atom stereocenters. The first-order valence-corrected chi connectivity index (χ1v) is 13.0. The van der Waals surface area contributed by atoms with Gasteiger partial charge in [-0.3, -0.25) is 19.7 Å². The maximum atomic E-state index is 13.2. The van der Waals surface area contributed by atoms with E-state index in [2.05, 4.69) is 20.6 Å². The molecule has 39 heavy (non-hydrogen) atoms. The van der Waals surface area contributed by atoms with Crippen molar-refractivity contribution in [2.75, 3.05) is 24.3 Å². The summed E-state index contributed by atoms with van der Waals surface area (Å²) in [4.78, 5) is 49.7. The Balaban J connectivity index is 1.44. The Labute approximate surface area is 228 Å². The summed E-state index contributed by atoms with van der Waals surface area (Å²) in [5, 5.41) is 5.51. The van der Waals surface area contributed by atoms with Crippen LogP contribution in [0.25, 0.3) is 21.7 Å². The van der Waals surface area contributed by atoms with E-state index in [9.17, 15) is 14.4 Å². The highest BCUT2D eigenvalue weighted by atomic mass is 32.1. The number of amides is 3. The van der Waals surface area contributed by atoms with Gasteiger partial charge in [0.05, 0.1) is 27.0 Å². The number of thiophene rings is 1. The zero-order chi connectivity index (χ0) is 27.5. The van der Waals surface area contributed by atoms with Gasteiger partial charge in [-0.2, -0.15) is 0 Å². The van der Waals surface area contributed by atoms with E-state index in [1.807, 2.05) is 30.3 Å². The summed E-state index contributed by atoms with van der Waals surface area (Å²) in [6.45, 7) is 2.06. The molecule has 3 aromatic heterocycles. The minimum absolute atomic E-state index is 0.135. The molecule has 2 aromatic carbocycles. The van der Waals surface area contributed by atoms with Crippen molar-refractivity contribution in [3.8, 4) is 10.6 Å². The number of hydrogen-bond donors (Lipinski definition) is 2. The van der Waals surface area contributed by atoms with Crippen LogP contribution < -0.4 is 15.5 Å². The Kier molecular flexibility index (Phi) is 7.24. The Hall–Kier alpha value is -4.77. The number of aryl methyl sites for hydroxylation is 2. The Morgan fingerprint density at radius 3 is 2.59 bits per heavy atom. The number of anilines is 2. The number of carbonyl (C=O) groups is 3. The second kappa shape index (κ2) is 10.9. The van der Waals surface area contributed by atoms with Crippen molar-refractivity contribution in [1.29, 1.82) is 0 Å². The number of hydrogen-bond acceptors (Lipinski definition) is 7. The Morgan fingerprint density at radius 1 is 1.08 bits per heavy atom. The van der Waals surface area contributed by atoms with E-state index >= 15 is 0 Å². The average Bonchev–Trinajstić information content (AvgIpc) is 3.69. The van der Waals surface area contributed by atoms with E-state index in [0.29, 0.717) is 45.8 Å². The summed E-state index contributed by atoms with van der Waals surface area (Å²) in [5.74, 6) is 0.817. The SMILES string of the molecule is CNC(=O)CCn1c(NC(=O)c2ccc(-c3cnc(C)o3)s2)nc2cc(N(C)C(=O)c3ccccc3)ccc21. The van der Waals surface area contributed by atoms with Crippen molar-refractivity contribution in [3.63, 3.8) is 0 Å². The fraction of sp³-hybridized carbons (Fsp3) is 0.179. The molecule has 0 aliphatic heterocycles. The topological polar surface area (TPSA) is 122 Å². The molecule has 198 valence electrons. The lowest BCUT2D eigenvalue weighted by Gasteiger charge is -2.17. The molecule has 5 rings (SSSR count). The number of benzene rings is 2. The normalized spacial score (nSPS) is 10.9. The van der Waals surface area contributed by atoms with Crippen LogP contribution in [-0.2, 0) is 11.3 Å². The summed E-state index contributed by atoms with van der Waals surface area (Å²) in [6, 6.07) is 18.0. The lowest BCUT2D eigenvalue weighted by atomic mass is 10.2. The van der Waals surface area contributed by atoms with Crippen molar-refractivity contribution >= 4 is 51.7 Å². The number of fused-ring (bicyclic) bond motifs is 1. The molecule has 0 aliphatic rings. The molecule has 3 heterocycles. The van der Waals surface area contributed by atoms with Crippen LogP contribution in [0, 0.1) is 6.92 Å². The minimum Gasteiger partial charge on any atom is -0.440 e. The van der Waals surface area contributed by atoms with Crippen LogP contribution >= 0.6 is 11.3 Å². The molecule has 3 amide bonds. The van der Waals surface area contributed by atoms with E-state index in [4.69, 9.17) is 4.42 Å². The van der Waals surface area contributed by atoms with E-state index < -0.39 is 0 Å². The van der Waals surface area contributed by atoms with Crippen LogP contribution in [0.3, 0.4) is 0 Å². The van der Waals surface area contributed by atoms with Gasteiger partial charge >= 0.3 is 0 Å². The smallest absolute Gasteiger partial charge is 0.268 e. The molecular weight excluding hydrogens is 516 g/mol. The van der Waals surface area contributed by atoms with Crippen LogP contribution in [0.15, 0.2) is 71.3 Å². The van der Waals surface area contributed by atoms with Gasteiger partial charge in [0, 0.05) is 45.2 Å². The monoisotopic (exact) mass is 542 g/mol. The fourth-order valence-corrected chi connectivity index (χ4v) is 4.96. The molecule has 11 heteroatoms. The molecule has 0 fully saturated rings. The first kappa shape index (κ1) is 25.9. The first-order chi connectivity index (χ1) is 18.8. The van der Waals surface area contributed by atoms with Gasteiger partial charge < -0.3 is 19.2 Å². The molecule has 5 aromatic rings. The van der Waals surface area contributed by atoms with Gasteiger partial charge in [0.2, 0.25) is 11.9 Å². The van der Waals surface area contributed by atoms with Crippen molar-refractivity contribution in [2.24, 2.45) is 0 Å². The first-order valence-electron chi connectivity index (χ1n) is 12.2. The molecule has 0 radical (unpaired) electrons. The third-order valence-corrected chi connectivity index (χ3v) is 7.30. The van der Waals surface area contributed by atoms with E-state index in [1.54, 1.807) is 67.0 Å². The highest BCUT2D eigenvalue weighted by Gasteiger charge is 2.20. The quantitative estimate of drug-likeness (QED) is 0.292. The predicted octanol–water partition coefficient (Wildman–Crippen LogP) is 4.73. The zero-order valence-corrected chi connectivity index (χ0v) is 22.4. The highest BCUT2D eigenvalue weighted by Crippen LogP contribution is 2.30. The van der Waals surface area contributed by atoms with Crippen molar-refractivity contribution in [2.45, 2.75) is 19.9 Å². The Bertz CT molecular complexity index is 1670. The van der Waals surface area contributed by atoms with Crippen LogP contribution in [0.2, 0.25) is 0 Å². The number of aromatic nitrogens is 3. The summed E-state index contributed by atoms with van der Waals surface area (Å²) >= 11 is 1.28. The number of nitrogens with zero attached hydrogens (tertiary/aromatic N) is 4. The number of imidazole rings is 1. The molecular formula is C28H26N6O4S. The van der Waals surface area contributed by atoms with Gasteiger partial charge in [-0.1, -0.05) is 18.2 Å². The van der Waals surface area contributed by atoms with Gasteiger partial charge in [-0.25, -0.2) is 9.97 Å². The summed E-state index contributed by atoms with van der Waals surface area (Å²) in [7, 11) is 3.28. The third-order valence-electron chi connectivity index (χ3n) is 6.21. The zero-order valence-electron chi connectivity index (χ0n) is 21.6. The van der Waals surface area contributed by atoms with Gasteiger partial charge in [-0.05, 0) is 42.5 Å². The van der Waals surface area contributed by atoms with Crippen molar-refractivity contribution in [1.82, 2.24) is 19.9 Å².